The molecule has 7 heteroatoms. The second-order valence-corrected chi connectivity index (χ2v) is 6.16. The Kier molecular flexibility index (Phi) is 5.23. The Hall–Kier alpha value is -2.86. The van der Waals surface area contributed by atoms with Gasteiger partial charge in [-0.05, 0) is 61.9 Å². The average molecular weight is 375 g/mol. The molecule has 0 saturated carbocycles. The molecule has 0 unspecified atom stereocenters. The Morgan fingerprint density at radius 3 is 2.65 bits per heavy atom. The lowest BCUT2D eigenvalue weighted by Gasteiger charge is -2.09. The van der Waals surface area contributed by atoms with Crippen molar-refractivity contribution in [2.75, 3.05) is 5.32 Å². The highest BCUT2D eigenvalue weighted by Crippen LogP contribution is 2.22. The molecule has 0 aliphatic rings. The van der Waals surface area contributed by atoms with E-state index >= 15 is 0 Å². The molecule has 0 spiro atoms. The quantitative estimate of drug-likeness (QED) is 0.688. The Morgan fingerprint density at radius 2 is 1.96 bits per heavy atom. The summed E-state index contributed by atoms with van der Waals surface area (Å²) in [6, 6.07) is 11.0. The van der Waals surface area contributed by atoms with E-state index in [1.165, 1.54) is 18.2 Å². The van der Waals surface area contributed by atoms with Gasteiger partial charge in [-0.25, -0.2) is 4.39 Å². The molecule has 1 amide bonds. The Bertz CT molecular complexity index is 938. The van der Waals surface area contributed by atoms with Crippen LogP contribution in [0, 0.1) is 19.7 Å². The third-order valence-electron chi connectivity index (χ3n) is 3.83. The third kappa shape index (κ3) is 4.03. The standard InChI is InChI=1S/C19H16ClFN2O3/c1-11-9-14(21)5-8-17(11)22-19(24)18-16(12(2)26-23-18)10-25-15-6-3-13(20)4-7-15/h3-9H,10H2,1-2H3,(H,22,24). The number of anilines is 1. The van der Waals surface area contributed by atoms with Gasteiger partial charge in [0.1, 0.15) is 23.9 Å². The summed E-state index contributed by atoms with van der Waals surface area (Å²) < 4.78 is 24.0. The van der Waals surface area contributed by atoms with Gasteiger partial charge in [0.15, 0.2) is 5.69 Å². The van der Waals surface area contributed by atoms with Crippen molar-refractivity contribution in [1.82, 2.24) is 5.16 Å². The van der Waals surface area contributed by atoms with Crippen LogP contribution in [0.1, 0.15) is 27.4 Å². The largest absolute Gasteiger partial charge is 0.489 e. The molecular formula is C19H16ClFN2O3. The maximum absolute atomic E-state index is 13.2. The number of ether oxygens (including phenoxy) is 1. The summed E-state index contributed by atoms with van der Waals surface area (Å²) in [4.78, 5) is 12.5. The third-order valence-corrected chi connectivity index (χ3v) is 4.09. The molecule has 134 valence electrons. The summed E-state index contributed by atoms with van der Waals surface area (Å²) in [5.41, 5.74) is 1.77. The average Bonchev–Trinajstić information content (AvgIpc) is 2.98. The Morgan fingerprint density at radius 1 is 1.23 bits per heavy atom. The van der Waals surface area contributed by atoms with Crippen LogP contribution in [0.15, 0.2) is 47.0 Å². The highest BCUT2D eigenvalue weighted by atomic mass is 35.5. The van der Waals surface area contributed by atoms with Gasteiger partial charge < -0.3 is 14.6 Å². The number of nitrogens with one attached hydrogen (secondary N) is 1. The highest BCUT2D eigenvalue weighted by Gasteiger charge is 2.21. The minimum atomic E-state index is -0.453. The molecule has 3 rings (SSSR count). The van der Waals surface area contributed by atoms with Gasteiger partial charge in [-0.1, -0.05) is 16.8 Å². The number of amides is 1. The van der Waals surface area contributed by atoms with E-state index in [2.05, 4.69) is 10.5 Å². The van der Waals surface area contributed by atoms with Crippen molar-refractivity contribution in [2.45, 2.75) is 20.5 Å². The van der Waals surface area contributed by atoms with Crippen LogP contribution in [0.25, 0.3) is 0 Å². The van der Waals surface area contributed by atoms with Crippen LogP contribution >= 0.6 is 11.6 Å². The number of rotatable bonds is 5. The maximum atomic E-state index is 13.2. The van der Waals surface area contributed by atoms with Gasteiger partial charge in [-0.15, -0.1) is 0 Å². The summed E-state index contributed by atoms with van der Waals surface area (Å²) in [6.07, 6.45) is 0. The van der Waals surface area contributed by atoms with E-state index in [0.717, 1.165) is 0 Å². The van der Waals surface area contributed by atoms with E-state index in [0.29, 0.717) is 33.3 Å². The lowest BCUT2D eigenvalue weighted by atomic mass is 10.1. The van der Waals surface area contributed by atoms with Gasteiger partial charge in [-0.3, -0.25) is 4.79 Å². The first-order valence-electron chi connectivity index (χ1n) is 7.85. The first-order valence-corrected chi connectivity index (χ1v) is 8.23. The van der Waals surface area contributed by atoms with Crippen LogP contribution in [0.4, 0.5) is 10.1 Å². The van der Waals surface area contributed by atoms with Crippen molar-refractivity contribution in [3.8, 4) is 5.75 Å². The second kappa shape index (κ2) is 7.58. The van der Waals surface area contributed by atoms with Crippen LogP contribution in [0.2, 0.25) is 5.02 Å². The van der Waals surface area contributed by atoms with Crippen molar-refractivity contribution >= 4 is 23.2 Å². The molecule has 2 aromatic carbocycles. The zero-order valence-corrected chi connectivity index (χ0v) is 14.9. The monoisotopic (exact) mass is 374 g/mol. The smallest absolute Gasteiger partial charge is 0.278 e. The van der Waals surface area contributed by atoms with Crippen molar-refractivity contribution in [3.05, 3.63) is 75.9 Å². The van der Waals surface area contributed by atoms with Crippen LogP contribution in [-0.2, 0) is 6.61 Å². The lowest BCUT2D eigenvalue weighted by Crippen LogP contribution is -2.16. The van der Waals surface area contributed by atoms with E-state index < -0.39 is 5.91 Å². The number of benzene rings is 2. The summed E-state index contributed by atoms with van der Waals surface area (Å²) in [7, 11) is 0. The Labute approximate surface area is 154 Å². The normalized spacial score (nSPS) is 10.6. The van der Waals surface area contributed by atoms with Crippen LogP contribution < -0.4 is 10.1 Å². The summed E-state index contributed by atoms with van der Waals surface area (Å²) in [5.74, 6) is 0.275. The first-order chi connectivity index (χ1) is 12.4. The number of carbonyl (C=O) groups excluding carboxylic acids is 1. The Balaban J connectivity index is 1.76. The van der Waals surface area contributed by atoms with Gasteiger partial charge in [0.05, 0.1) is 5.56 Å². The highest BCUT2D eigenvalue weighted by molar-refractivity contribution is 6.30. The summed E-state index contributed by atoms with van der Waals surface area (Å²) in [5, 5.41) is 7.14. The number of carbonyl (C=O) groups is 1. The van der Waals surface area contributed by atoms with Crippen molar-refractivity contribution in [2.24, 2.45) is 0 Å². The molecule has 0 radical (unpaired) electrons. The minimum Gasteiger partial charge on any atom is -0.489 e. The number of aromatic nitrogens is 1. The predicted molar refractivity (Wildman–Crippen MR) is 96.1 cm³/mol. The van der Waals surface area contributed by atoms with E-state index in [-0.39, 0.29) is 18.1 Å². The van der Waals surface area contributed by atoms with Gasteiger partial charge in [-0.2, -0.15) is 0 Å². The van der Waals surface area contributed by atoms with Gasteiger partial charge in [0.25, 0.3) is 5.91 Å². The topological polar surface area (TPSA) is 64.4 Å². The number of hydrogen-bond donors (Lipinski definition) is 1. The summed E-state index contributed by atoms with van der Waals surface area (Å²) >= 11 is 5.85. The van der Waals surface area contributed by atoms with Gasteiger partial charge in [0, 0.05) is 10.7 Å². The fourth-order valence-corrected chi connectivity index (χ4v) is 2.50. The number of nitrogens with zero attached hydrogens (tertiary/aromatic N) is 1. The number of halogens is 2. The SMILES string of the molecule is Cc1cc(F)ccc1NC(=O)c1noc(C)c1COc1ccc(Cl)cc1. The molecule has 3 aromatic rings. The molecule has 26 heavy (non-hydrogen) atoms. The molecule has 1 aromatic heterocycles. The molecular weight excluding hydrogens is 359 g/mol. The molecule has 1 heterocycles. The number of aryl methyl sites for hydroxylation is 2. The molecule has 1 N–H and O–H groups in total. The fraction of sp³-hybridized carbons (Fsp3) is 0.158. The zero-order valence-electron chi connectivity index (χ0n) is 14.2. The van der Waals surface area contributed by atoms with E-state index in [1.54, 1.807) is 38.1 Å². The number of hydrogen-bond acceptors (Lipinski definition) is 4. The van der Waals surface area contributed by atoms with Crippen molar-refractivity contribution in [3.63, 3.8) is 0 Å². The molecule has 0 atom stereocenters. The van der Waals surface area contributed by atoms with Gasteiger partial charge >= 0.3 is 0 Å². The molecule has 5 nitrogen and oxygen atoms in total. The maximum Gasteiger partial charge on any atom is 0.278 e. The van der Waals surface area contributed by atoms with Crippen molar-refractivity contribution < 1.29 is 18.4 Å². The molecule has 0 aliphatic carbocycles. The van der Waals surface area contributed by atoms with Gasteiger partial charge in [0.2, 0.25) is 0 Å². The molecule has 0 fully saturated rings. The van der Waals surface area contributed by atoms with E-state index in [1.807, 2.05) is 0 Å². The second-order valence-electron chi connectivity index (χ2n) is 5.72. The fourth-order valence-electron chi connectivity index (χ4n) is 2.37. The van der Waals surface area contributed by atoms with Crippen LogP contribution in [0.5, 0.6) is 5.75 Å². The first kappa shape index (κ1) is 17.9. The van der Waals surface area contributed by atoms with E-state index in [4.69, 9.17) is 20.9 Å². The van der Waals surface area contributed by atoms with Crippen molar-refractivity contribution in [1.29, 1.82) is 0 Å². The molecule has 0 saturated heterocycles. The minimum absolute atomic E-state index is 0.113. The zero-order chi connectivity index (χ0) is 18.7. The van der Waals surface area contributed by atoms with Crippen LogP contribution in [-0.4, -0.2) is 11.1 Å². The summed E-state index contributed by atoms with van der Waals surface area (Å²) in [6.45, 7) is 3.52. The van der Waals surface area contributed by atoms with Crippen LogP contribution in [0.3, 0.4) is 0 Å². The molecule has 0 aliphatic heterocycles. The lowest BCUT2D eigenvalue weighted by molar-refractivity contribution is 0.101. The molecule has 0 bridgehead atoms. The van der Waals surface area contributed by atoms with E-state index in [9.17, 15) is 9.18 Å². The predicted octanol–water partition coefficient (Wildman–Crippen LogP) is 4.92.